The van der Waals surface area contributed by atoms with Gasteiger partial charge in [-0.3, -0.25) is 0 Å². The first-order valence-electron chi connectivity index (χ1n) is 5.43. The number of hydrogen-bond acceptors (Lipinski definition) is 6. The third-order valence-corrected chi connectivity index (χ3v) is 5.88. The van der Waals surface area contributed by atoms with Crippen molar-refractivity contribution in [2.24, 2.45) is 5.84 Å². The van der Waals surface area contributed by atoms with Crippen molar-refractivity contribution in [1.29, 1.82) is 0 Å². The van der Waals surface area contributed by atoms with Gasteiger partial charge in [-0.05, 0) is 35.2 Å². The second-order valence-corrected chi connectivity index (χ2v) is 7.76. The standard InChI is InChI=1S/C10H17BrN4O2S2/c1-7(6-18-3)15(2)19(16,17)9-4-8(11)5-13-10(9)14-12/h4-5,7H,6,12H2,1-3H3,(H,13,14). The van der Waals surface area contributed by atoms with Gasteiger partial charge in [-0.15, -0.1) is 0 Å². The Hall–Kier alpha value is -0.350. The third kappa shape index (κ3) is 3.82. The van der Waals surface area contributed by atoms with Crippen LogP contribution in [0.1, 0.15) is 6.92 Å². The number of halogens is 1. The zero-order chi connectivity index (χ0) is 14.6. The van der Waals surface area contributed by atoms with Gasteiger partial charge < -0.3 is 5.43 Å². The van der Waals surface area contributed by atoms with Gasteiger partial charge in [0.1, 0.15) is 4.90 Å². The molecule has 0 fully saturated rings. The molecule has 0 saturated heterocycles. The summed E-state index contributed by atoms with van der Waals surface area (Å²) in [7, 11) is -2.09. The summed E-state index contributed by atoms with van der Waals surface area (Å²) in [6.07, 6.45) is 3.42. The van der Waals surface area contributed by atoms with Gasteiger partial charge in [0, 0.05) is 29.5 Å². The average molecular weight is 369 g/mol. The number of hydrazine groups is 1. The lowest BCUT2D eigenvalue weighted by Gasteiger charge is -2.24. The van der Waals surface area contributed by atoms with Crippen LogP contribution in [0.15, 0.2) is 21.6 Å². The molecule has 1 aromatic heterocycles. The van der Waals surface area contributed by atoms with Crippen LogP contribution in [0.25, 0.3) is 0 Å². The number of nitrogens with one attached hydrogen (secondary N) is 1. The average Bonchev–Trinajstić information content (AvgIpc) is 2.38. The van der Waals surface area contributed by atoms with E-state index < -0.39 is 10.0 Å². The fourth-order valence-corrected chi connectivity index (χ4v) is 4.24. The van der Waals surface area contributed by atoms with Crippen molar-refractivity contribution in [3.05, 3.63) is 16.7 Å². The van der Waals surface area contributed by atoms with Crippen LogP contribution >= 0.6 is 27.7 Å². The summed E-state index contributed by atoms with van der Waals surface area (Å²) in [6.45, 7) is 1.86. The van der Waals surface area contributed by atoms with Crippen LogP contribution in [0, 0.1) is 0 Å². The van der Waals surface area contributed by atoms with E-state index in [1.807, 2.05) is 13.2 Å². The molecule has 3 N–H and O–H groups in total. The first kappa shape index (κ1) is 16.7. The van der Waals surface area contributed by atoms with Crippen molar-refractivity contribution in [2.45, 2.75) is 17.9 Å². The summed E-state index contributed by atoms with van der Waals surface area (Å²) < 4.78 is 27.0. The van der Waals surface area contributed by atoms with Crippen molar-refractivity contribution >= 4 is 43.5 Å². The number of thioether (sulfide) groups is 1. The van der Waals surface area contributed by atoms with E-state index >= 15 is 0 Å². The van der Waals surface area contributed by atoms with Crippen molar-refractivity contribution in [2.75, 3.05) is 24.5 Å². The number of nitrogens with zero attached hydrogens (tertiary/aromatic N) is 2. The molecule has 0 saturated carbocycles. The summed E-state index contributed by atoms with van der Waals surface area (Å²) in [5.74, 6) is 6.16. The van der Waals surface area contributed by atoms with E-state index in [1.54, 1.807) is 18.8 Å². The maximum absolute atomic E-state index is 12.5. The number of anilines is 1. The number of rotatable bonds is 6. The first-order valence-corrected chi connectivity index (χ1v) is 9.06. The predicted octanol–water partition coefficient (Wildman–Crippen LogP) is 1.50. The van der Waals surface area contributed by atoms with Gasteiger partial charge in [0.25, 0.3) is 0 Å². The van der Waals surface area contributed by atoms with Gasteiger partial charge in [-0.25, -0.2) is 19.2 Å². The predicted molar refractivity (Wildman–Crippen MR) is 82.5 cm³/mol. The Bertz CT molecular complexity index is 538. The molecule has 0 aromatic carbocycles. The topological polar surface area (TPSA) is 88.3 Å². The molecule has 19 heavy (non-hydrogen) atoms. The molecule has 0 aliphatic carbocycles. The van der Waals surface area contributed by atoms with E-state index in [0.29, 0.717) is 10.2 Å². The highest BCUT2D eigenvalue weighted by Gasteiger charge is 2.28. The van der Waals surface area contributed by atoms with Gasteiger partial charge in [-0.1, -0.05) is 0 Å². The highest BCUT2D eigenvalue weighted by Crippen LogP contribution is 2.26. The molecule has 0 bridgehead atoms. The molecular weight excluding hydrogens is 352 g/mol. The van der Waals surface area contributed by atoms with E-state index in [9.17, 15) is 8.42 Å². The van der Waals surface area contributed by atoms with Crippen LogP contribution in [0.3, 0.4) is 0 Å². The van der Waals surface area contributed by atoms with Crippen LogP contribution in [-0.4, -0.2) is 42.8 Å². The minimum Gasteiger partial charge on any atom is -0.307 e. The van der Waals surface area contributed by atoms with E-state index in [1.165, 1.54) is 16.6 Å². The molecule has 1 rings (SSSR count). The molecule has 0 aliphatic rings. The number of nitrogens with two attached hydrogens (primary N) is 1. The van der Waals surface area contributed by atoms with E-state index in [2.05, 4.69) is 26.3 Å². The smallest absolute Gasteiger partial charge is 0.246 e. The van der Waals surface area contributed by atoms with Gasteiger partial charge in [0.2, 0.25) is 10.0 Å². The molecular formula is C10H17BrN4O2S2. The molecule has 108 valence electrons. The zero-order valence-corrected chi connectivity index (χ0v) is 14.1. The molecule has 1 atom stereocenters. The maximum Gasteiger partial charge on any atom is 0.246 e. The number of hydrogen-bond donors (Lipinski definition) is 2. The Morgan fingerprint density at radius 2 is 2.26 bits per heavy atom. The van der Waals surface area contributed by atoms with Gasteiger partial charge in [0.05, 0.1) is 0 Å². The van der Waals surface area contributed by atoms with Crippen molar-refractivity contribution < 1.29 is 8.42 Å². The molecule has 1 unspecified atom stereocenters. The molecule has 0 aliphatic heterocycles. The van der Waals surface area contributed by atoms with E-state index in [-0.39, 0.29) is 16.8 Å². The Balaban J connectivity index is 3.23. The van der Waals surface area contributed by atoms with Crippen LogP contribution in [-0.2, 0) is 10.0 Å². The van der Waals surface area contributed by atoms with Crippen LogP contribution < -0.4 is 11.3 Å². The zero-order valence-electron chi connectivity index (χ0n) is 10.9. The molecule has 0 amide bonds. The highest BCUT2D eigenvalue weighted by molar-refractivity contribution is 9.10. The third-order valence-electron chi connectivity index (χ3n) is 2.64. The fourth-order valence-electron chi connectivity index (χ4n) is 1.46. The van der Waals surface area contributed by atoms with Crippen molar-refractivity contribution in [1.82, 2.24) is 9.29 Å². The molecule has 9 heteroatoms. The number of aromatic nitrogens is 1. The lowest BCUT2D eigenvalue weighted by Crippen LogP contribution is -2.37. The quantitative estimate of drug-likeness (QED) is 0.584. The maximum atomic E-state index is 12.5. The second-order valence-electron chi connectivity index (χ2n) is 3.97. The Labute approximate surface area is 126 Å². The minimum atomic E-state index is -3.64. The molecule has 0 spiro atoms. The number of nitrogen functional groups attached to an aromatic ring is 1. The lowest BCUT2D eigenvalue weighted by molar-refractivity contribution is 0.415. The van der Waals surface area contributed by atoms with Crippen molar-refractivity contribution in [3.63, 3.8) is 0 Å². The lowest BCUT2D eigenvalue weighted by atomic mass is 10.4. The second kappa shape index (κ2) is 6.89. The summed E-state index contributed by atoms with van der Waals surface area (Å²) in [5, 5.41) is 0. The summed E-state index contributed by atoms with van der Waals surface area (Å²) in [4.78, 5) is 4.01. The fraction of sp³-hybridized carbons (Fsp3) is 0.500. The van der Waals surface area contributed by atoms with Gasteiger partial charge in [0.15, 0.2) is 5.82 Å². The molecule has 6 nitrogen and oxygen atoms in total. The van der Waals surface area contributed by atoms with Crippen LogP contribution in [0.4, 0.5) is 5.82 Å². The Morgan fingerprint density at radius 3 is 2.79 bits per heavy atom. The number of sulfonamides is 1. The molecule has 1 aromatic rings. The summed E-state index contributed by atoms with van der Waals surface area (Å²) in [5.41, 5.74) is 2.31. The van der Waals surface area contributed by atoms with Crippen LogP contribution in [0.5, 0.6) is 0 Å². The largest absolute Gasteiger partial charge is 0.307 e. The normalized spacial score (nSPS) is 13.6. The Morgan fingerprint density at radius 1 is 1.63 bits per heavy atom. The van der Waals surface area contributed by atoms with Crippen molar-refractivity contribution in [3.8, 4) is 0 Å². The summed E-state index contributed by atoms with van der Waals surface area (Å²) in [6, 6.07) is 1.37. The van der Waals surface area contributed by atoms with E-state index in [0.717, 1.165) is 0 Å². The molecule has 0 radical (unpaired) electrons. The van der Waals surface area contributed by atoms with Gasteiger partial charge in [-0.2, -0.15) is 16.1 Å². The molecule has 1 heterocycles. The SMILES string of the molecule is CSCC(C)N(C)S(=O)(=O)c1cc(Br)cnc1NN. The Kier molecular flexibility index (Phi) is 6.06. The first-order chi connectivity index (χ1) is 8.84. The summed E-state index contributed by atoms with van der Waals surface area (Å²) >= 11 is 4.81. The number of pyridine rings is 1. The van der Waals surface area contributed by atoms with Crippen LogP contribution in [0.2, 0.25) is 0 Å². The van der Waals surface area contributed by atoms with E-state index in [4.69, 9.17) is 5.84 Å². The minimum absolute atomic E-state index is 0.0554. The highest BCUT2D eigenvalue weighted by atomic mass is 79.9. The monoisotopic (exact) mass is 368 g/mol. The van der Waals surface area contributed by atoms with Gasteiger partial charge >= 0.3 is 0 Å².